The molecule has 0 unspecified atom stereocenters. The highest BCUT2D eigenvalue weighted by Crippen LogP contribution is 2.45. The second-order valence-electron chi connectivity index (χ2n) is 29.8. The summed E-state index contributed by atoms with van der Waals surface area (Å²) in [7, 11) is 0. The van der Waals surface area contributed by atoms with E-state index in [0.717, 1.165) is 25.8 Å². The first kappa shape index (κ1) is 73.4. The molecule has 0 saturated carbocycles. The van der Waals surface area contributed by atoms with Gasteiger partial charge in [0.2, 0.25) is 0 Å². The number of hydrogen-bond donors (Lipinski definition) is 3. The number of amides is 6. The van der Waals surface area contributed by atoms with Crippen molar-refractivity contribution >= 4 is 144 Å². The highest BCUT2D eigenvalue weighted by atomic mass is 16.5. The van der Waals surface area contributed by atoms with E-state index in [1.807, 2.05) is 30.3 Å². The normalized spacial score (nSPS) is 15.7. The predicted octanol–water partition coefficient (Wildman–Crippen LogP) is 16.5. The van der Waals surface area contributed by atoms with Gasteiger partial charge in [-0.15, -0.1) is 0 Å². The Morgan fingerprint density at radius 3 is 1.25 bits per heavy atom. The number of anilines is 4. The molecule has 22 heteroatoms. The molecule has 114 heavy (non-hydrogen) atoms. The molecule has 0 spiro atoms. The Morgan fingerprint density at radius 1 is 0.368 bits per heavy atom. The molecule has 2 aromatic heterocycles. The van der Waals surface area contributed by atoms with Gasteiger partial charge < -0.3 is 25.0 Å². The topological polar surface area (TPSA) is 311 Å². The van der Waals surface area contributed by atoms with Crippen LogP contribution >= 0.6 is 0 Å². The van der Waals surface area contributed by atoms with E-state index in [9.17, 15) is 67.7 Å². The van der Waals surface area contributed by atoms with Gasteiger partial charge in [-0.3, -0.25) is 47.9 Å². The zero-order valence-corrected chi connectivity index (χ0v) is 62.5. The Labute approximate surface area is 650 Å². The smallest absolute Gasteiger partial charge is 0.338 e. The fraction of sp³-hybridized carbons (Fsp3) is 0.130. The standard InChI is InChI=1S/C34H30N2O4.C32H22N2O8.C26H14N2O4/c1-33(2,3)19-11-13-21-23(16-19)30(38)27(29(21)37)25-15-10-18-8-7-9-26(28(18)35-25)36-31(39)22-14-12-20(34(4,5)6)17-24(22)32(36)40;1-3-41-31(39)17-8-11-19-21(14-17)28(36)25(27(19)35)23-13-10-16-6-5-7-24(26(16)33-23)34-29(37)20-12-9-18(32(40)42-4-2)15-22(20)30(34)38;29-23-15-7-1-2-8-16(15)24(30)21(23)19-13-12-14-6-5-11-20(22(14)27-19)28-25(31)17-9-3-4-10-18(17)26(28)32/h7-17,38H,1-6H3;5-15,33H,3-4H2,1-2H3;1-13,29H/b;25-23+;. The highest BCUT2D eigenvalue weighted by molar-refractivity contribution is 6.43. The number of allylic oxidation sites excluding steroid dienone is 4. The van der Waals surface area contributed by atoms with Crippen LogP contribution in [0.5, 0.6) is 0 Å². The first-order valence-electron chi connectivity index (χ1n) is 36.5. The highest BCUT2D eigenvalue weighted by Gasteiger charge is 2.44. The van der Waals surface area contributed by atoms with Crippen LogP contribution in [0.1, 0.15) is 219 Å². The van der Waals surface area contributed by atoms with E-state index in [1.165, 1.54) is 36.4 Å². The number of nitrogens with zero attached hydrogens (tertiary/aromatic N) is 5. The van der Waals surface area contributed by atoms with Crippen LogP contribution in [-0.2, 0) is 20.3 Å². The van der Waals surface area contributed by atoms with Gasteiger partial charge in [-0.1, -0.05) is 145 Å². The van der Waals surface area contributed by atoms with Gasteiger partial charge in [-0.2, -0.15) is 0 Å². The minimum absolute atomic E-state index is 0.0575. The minimum atomic E-state index is -0.632. The van der Waals surface area contributed by atoms with E-state index in [4.69, 9.17) is 14.5 Å². The fourth-order valence-electron chi connectivity index (χ4n) is 15.0. The maximum atomic E-state index is 13.6. The summed E-state index contributed by atoms with van der Waals surface area (Å²) in [5.74, 6) is -6.07. The van der Waals surface area contributed by atoms with Crippen molar-refractivity contribution in [2.45, 2.75) is 66.2 Å². The van der Waals surface area contributed by atoms with E-state index in [0.29, 0.717) is 88.9 Å². The Balaban J connectivity index is 0.000000130. The van der Waals surface area contributed by atoms with Crippen molar-refractivity contribution in [1.29, 1.82) is 0 Å². The number of rotatable bonds is 9. The van der Waals surface area contributed by atoms with Crippen LogP contribution in [0.25, 0.3) is 50.5 Å². The molecule has 18 rings (SSSR count). The fourth-order valence-corrected chi connectivity index (χ4v) is 15.0. The largest absolute Gasteiger partial charge is 0.506 e. The monoisotopic (exact) mass is 1510 g/mol. The van der Waals surface area contributed by atoms with Crippen molar-refractivity contribution < 1.29 is 77.2 Å². The lowest BCUT2D eigenvalue weighted by Gasteiger charge is -2.24. The van der Waals surface area contributed by atoms with E-state index in [-0.39, 0.29) is 120 Å². The third kappa shape index (κ3) is 12.0. The number of Topliss-reactive ketones (excluding diaryl/α,β-unsaturated/α-hetero) is 4. The summed E-state index contributed by atoms with van der Waals surface area (Å²) in [6, 6.07) is 55.1. The van der Waals surface area contributed by atoms with Gasteiger partial charge >= 0.3 is 11.9 Å². The Morgan fingerprint density at radius 2 is 0.746 bits per heavy atom. The molecule has 0 fully saturated rings. The maximum absolute atomic E-state index is 13.6. The quantitative estimate of drug-likeness (QED) is 0.0523. The van der Waals surface area contributed by atoms with Gasteiger partial charge in [0.05, 0.1) is 125 Å². The molecule has 0 atom stereocenters. The summed E-state index contributed by atoms with van der Waals surface area (Å²) in [5, 5.41) is 26.4. The van der Waals surface area contributed by atoms with E-state index in [2.05, 4.69) is 51.8 Å². The second-order valence-corrected chi connectivity index (χ2v) is 29.8. The number of imide groups is 3. The van der Waals surface area contributed by atoms with E-state index >= 15 is 0 Å². The summed E-state index contributed by atoms with van der Waals surface area (Å²) in [6.45, 7) is 16.0. The molecule has 0 radical (unpaired) electrons. The third-order valence-corrected chi connectivity index (χ3v) is 20.8. The molecule has 6 heterocycles. The average Bonchev–Trinajstić information content (AvgIpc) is 1.58. The number of hydrogen-bond acceptors (Lipinski definition) is 19. The number of esters is 2. The number of fused-ring (bicyclic) bond motifs is 9. The summed E-state index contributed by atoms with van der Waals surface area (Å²) in [4.78, 5) is 170. The number of pyridine rings is 2. The number of nitrogens with one attached hydrogen (secondary N) is 1. The zero-order chi connectivity index (χ0) is 80.4. The summed E-state index contributed by atoms with van der Waals surface area (Å²) in [6.07, 6.45) is 3.24. The zero-order valence-electron chi connectivity index (χ0n) is 62.5. The van der Waals surface area contributed by atoms with Crippen LogP contribution in [0.2, 0.25) is 0 Å². The molecule has 3 N–H and O–H groups in total. The first-order chi connectivity index (χ1) is 54.6. The lowest BCUT2D eigenvalue weighted by Crippen LogP contribution is -2.30. The lowest BCUT2D eigenvalue weighted by molar-refractivity contribution is 0.0516. The van der Waals surface area contributed by atoms with Crippen LogP contribution in [0.15, 0.2) is 218 Å². The molecular formula is C92H66N6O16. The molecule has 6 amide bonds. The number of para-hydroxylation sites is 3. The van der Waals surface area contributed by atoms with Crippen molar-refractivity contribution in [3.8, 4) is 0 Å². The number of ketones is 4. The van der Waals surface area contributed by atoms with Crippen LogP contribution in [0.4, 0.5) is 22.7 Å². The van der Waals surface area contributed by atoms with E-state index in [1.54, 1.807) is 159 Å². The SMILES string of the molecule is CC(C)(C)c1ccc2c(c1)C(=O)N(c1cccc3ccc(C4=C(O)c5cc(C(C)(C)C)ccc5C4=O)nc13)C2=O.CCOC(=O)c1ccc2c(c1)C(=O)/C(=C1\C=Cc3cccc(N4C(=O)c5ccc(C(=O)OCC)cc5C4=O)c3N1)C2=O.O=C1C(c2ccc3cccc(N4C(=O)c5ccccc5C4=O)c3n2)=C(O)c2ccccc21. The Kier molecular flexibility index (Phi) is 17.8. The number of carbonyl (C=O) groups is 12. The summed E-state index contributed by atoms with van der Waals surface area (Å²) in [5.41, 5.74) is 8.94. The number of aromatic nitrogens is 2. The van der Waals surface area contributed by atoms with Gasteiger partial charge in [0, 0.05) is 49.7 Å². The number of ether oxygens (including phenoxy) is 2. The van der Waals surface area contributed by atoms with Gasteiger partial charge in [-0.25, -0.2) is 34.3 Å². The molecule has 0 bridgehead atoms. The molecule has 3 aliphatic carbocycles. The van der Waals surface area contributed by atoms with Crippen LogP contribution in [-0.4, -0.2) is 104 Å². The molecule has 560 valence electrons. The Bertz CT molecular complexity index is 6420. The van der Waals surface area contributed by atoms with Crippen LogP contribution in [0.3, 0.4) is 0 Å². The van der Waals surface area contributed by atoms with Crippen LogP contribution < -0.4 is 20.0 Å². The van der Waals surface area contributed by atoms with Gasteiger partial charge in [0.1, 0.15) is 11.5 Å². The lowest BCUT2D eigenvalue weighted by atomic mass is 9.85. The summed E-state index contributed by atoms with van der Waals surface area (Å²) >= 11 is 0. The number of aliphatic hydroxyl groups excluding tert-OH is 2. The number of carbonyl (C=O) groups excluding carboxylic acids is 12. The number of aliphatic hydroxyl groups is 2. The Hall–Kier alpha value is -14.8. The van der Waals surface area contributed by atoms with Crippen molar-refractivity contribution in [2.75, 3.05) is 33.2 Å². The van der Waals surface area contributed by atoms with Crippen molar-refractivity contribution in [2.24, 2.45) is 0 Å². The minimum Gasteiger partial charge on any atom is -0.506 e. The molecule has 22 nitrogen and oxygen atoms in total. The van der Waals surface area contributed by atoms with E-state index < -0.39 is 58.9 Å². The van der Waals surface area contributed by atoms with Crippen molar-refractivity contribution in [3.63, 3.8) is 0 Å². The second kappa shape index (κ2) is 27.6. The predicted molar refractivity (Wildman–Crippen MR) is 427 cm³/mol. The molecule has 4 aliphatic heterocycles. The number of benzene rings is 9. The average molecular weight is 1510 g/mol. The van der Waals surface area contributed by atoms with Gasteiger partial charge in [0.25, 0.3) is 35.4 Å². The molecule has 0 saturated heterocycles. The maximum Gasteiger partial charge on any atom is 0.338 e. The van der Waals surface area contributed by atoms with Crippen molar-refractivity contribution in [3.05, 3.63) is 324 Å². The van der Waals surface area contributed by atoms with Gasteiger partial charge in [0.15, 0.2) is 23.1 Å². The molecule has 9 aromatic carbocycles. The molecule has 11 aromatic rings. The first-order valence-corrected chi connectivity index (χ1v) is 36.5. The van der Waals surface area contributed by atoms with Gasteiger partial charge in [-0.05, 0) is 145 Å². The van der Waals surface area contributed by atoms with Crippen LogP contribution in [0, 0.1) is 0 Å². The van der Waals surface area contributed by atoms with Crippen molar-refractivity contribution in [1.82, 2.24) is 9.97 Å². The third-order valence-electron chi connectivity index (χ3n) is 20.8. The molecule has 7 aliphatic rings. The summed E-state index contributed by atoms with van der Waals surface area (Å²) < 4.78 is 10.0. The molecular weight excluding hydrogens is 1450 g/mol.